The van der Waals surface area contributed by atoms with Gasteiger partial charge < -0.3 is 18.0 Å². The van der Waals surface area contributed by atoms with Crippen LogP contribution in [0.15, 0.2) is 0 Å². The van der Waals surface area contributed by atoms with Crippen molar-refractivity contribution in [3.8, 4) is 0 Å². The summed E-state index contributed by atoms with van der Waals surface area (Å²) in [4.78, 5) is 12.0. The number of fused-ring (bicyclic) bond motifs is 5. The van der Waals surface area contributed by atoms with Crippen molar-refractivity contribution in [3.63, 3.8) is 0 Å². The van der Waals surface area contributed by atoms with Gasteiger partial charge in [0.15, 0.2) is 25.0 Å². The van der Waals surface area contributed by atoms with E-state index in [1.54, 1.807) is 0 Å². The summed E-state index contributed by atoms with van der Waals surface area (Å²) in [6, 6.07) is 0. The van der Waals surface area contributed by atoms with E-state index in [-0.39, 0.29) is 23.6 Å². The van der Waals surface area contributed by atoms with Crippen LogP contribution < -0.4 is 0 Å². The van der Waals surface area contributed by atoms with Gasteiger partial charge in [0, 0.05) is 12.5 Å². The van der Waals surface area contributed by atoms with Gasteiger partial charge in [-0.15, -0.1) is 0 Å². The average Bonchev–Trinajstić information content (AvgIpc) is 3.19. The molecule has 7 unspecified atom stereocenters. The van der Waals surface area contributed by atoms with E-state index in [0.29, 0.717) is 53.4 Å². The summed E-state index contributed by atoms with van der Waals surface area (Å²) in [5.41, 5.74) is 0.562. The third kappa shape index (κ3) is 7.35. The Morgan fingerprint density at radius 1 is 0.738 bits per heavy atom. The second-order valence-corrected chi connectivity index (χ2v) is 31.6. The highest BCUT2D eigenvalue weighted by Gasteiger charge is 2.66. The molecule has 0 amide bonds. The Morgan fingerprint density at radius 2 is 1.29 bits per heavy atom. The van der Waals surface area contributed by atoms with Crippen LogP contribution in [-0.4, -0.2) is 56.3 Å². The highest BCUT2D eigenvalue weighted by atomic mass is 28.4. The summed E-state index contributed by atoms with van der Waals surface area (Å²) in [5, 5.41) is 0. The fourth-order valence-corrected chi connectivity index (χ4v) is 13.9. The van der Waals surface area contributed by atoms with Crippen LogP contribution in [0.4, 0.5) is 0 Å². The number of esters is 1. The van der Waals surface area contributed by atoms with Crippen molar-refractivity contribution >= 4 is 30.9 Å². The van der Waals surface area contributed by atoms with Gasteiger partial charge in [0.1, 0.15) is 0 Å². The van der Waals surface area contributed by atoms with Crippen LogP contribution in [0.25, 0.3) is 0 Å². The molecule has 0 bridgehead atoms. The quantitative estimate of drug-likeness (QED) is 0.176. The largest absolute Gasteiger partial charge is 0.469 e. The Bertz CT molecular complexity index is 954. The molecule has 0 radical (unpaired) electrons. The molecule has 4 saturated carbocycles. The Hall–Kier alpha value is 0.000649. The van der Waals surface area contributed by atoms with E-state index in [2.05, 4.69) is 79.7 Å². The van der Waals surface area contributed by atoms with Crippen molar-refractivity contribution < 1.29 is 22.8 Å². The molecule has 0 spiro atoms. The lowest BCUT2D eigenvalue weighted by atomic mass is 9.43. The summed E-state index contributed by atoms with van der Waals surface area (Å²) in [7, 11) is -3.82. The second-order valence-electron chi connectivity index (χ2n) is 18.2. The zero-order chi connectivity index (χ0) is 31.5. The maximum Gasteiger partial charge on any atom is 0.305 e. The Labute approximate surface area is 262 Å². The highest BCUT2D eigenvalue weighted by molar-refractivity contribution is 6.70. The number of hydrogen-bond acceptors (Lipinski definition) is 5. The molecule has 0 aromatic rings. The molecule has 0 N–H and O–H groups in total. The van der Waals surface area contributed by atoms with Crippen molar-refractivity contribution in [1.82, 2.24) is 0 Å². The summed E-state index contributed by atoms with van der Waals surface area (Å²) < 4.78 is 26.6. The third-order valence-electron chi connectivity index (χ3n) is 11.9. The number of ether oxygens (including phenoxy) is 1. The second kappa shape index (κ2) is 12.3. The SMILES string of the molecule is COC(=O)CCC(C)C1CCC2C3C(CCC12C)C1(C)CC[C@@H](O[Si](C)(C)C)C[C@H]1[C@H](O[Si](C)(C)C)[C@H]3O[Si](C)(C)C. The first-order valence-electron chi connectivity index (χ1n) is 17.3. The van der Waals surface area contributed by atoms with Gasteiger partial charge in [0.2, 0.25) is 0 Å². The van der Waals surface area contributed by atoms with Crippen molar-refractivity contribution in [1.29, 1.82) is 0 Å². The molecular weight excluding hydrogens is 573 g/mol. The average molecular weight is 639 g/mol. The molecule has 4 aliphatic rings. The van der Waals surface area contributed by atoms with E-state index in [1.807, 2.05) is 0 Å². The first kappa shape index (κ1) is 34.9. The third-order valence-corrected chi connectivity index (χ3v) is 14.9. The molecular formula is C34H66O5Si3. The van der Waals surface area contributed by atoms with Gasteiger partial charge in [-0.1, -0.05) is 20.8 Å². The summed E-state index contributed by atoms with van der Waals surface area (Å²) in [6.07, 6.45) is 10.9. The van der Waals surface area contributed by atoms with Gasteiger partial charge >= 0.3 is 5.97 Å². The summed E-state index contributed by atoms with van der Waals surface area (Å²) in [6.45, 7) is 29.0. The van der Waals surface area contributed by atoms with Gasteiger partial charge in [-0.2, -0.15) is 0 Å². The first-order valence-corrected chi connectivity index (χ1v) is 27.5. The van der Waals surface area contributed by atoms with Crippen molar-refractivity contribution in [2.24, 2.45) is 46.3 Å². The van der Waals surface area contributed by atoms with Gasteiger partial charge in [0.05, 0.1) is 19.3 Å². The van der Waals surface area contributed by atoms with E-state index in [0.717, 1.165) is 12.8 Å². The Morgan fingerprint density at radius 3 is 1.86 bits per heavy atom. The molecule has 0 heterocycles. The van der Waals surface area contributed by atoms with E-state index in [1.165, 1.54) is 45.6 Å². The minimum atomic E-state index is -1.85. The van der Waals surface area contributed by atoms with E-state index in [4.69, 9.17) is 18.0 Å². The van der Waals surface area contributed by atoms with Crippen molar-refractivity contribution in [3.05, 3.63) is 0 Å². The standard InChI is InChI=1S/C34H66O5Si3/c1-23(14-17-29(35)36-4)25-15-16-26-30-27(19-21-33(25,26)2)34(3)20-18-24(37-40(5,6)7)22-28(34)31(38-41(8,9)10)32(30)39-42(11,12)13/h23-28,30-32H,14-22H2,1-13H3/t23?,24-,25?,26?,27?,28+,30?,31+,32+,33?,34?/m1/s1. The molecule has 8 heteroatoms. The molecule has 4 fully saturated rings. The first-order chi connectivity index (χ1) is 19.2. The molecule has 11 atom stereocenters. The lowest BCUT2D eigenvalue weighted by molar-refractivity contribution is -0.213. The van der Waals surface area contributed by atoms with Crippen molar-refractivity contribution in [2.75, 3.05) is 7.11 Å². The molecule has 42 heavy (non-hydrogen) atoms. The Balaban J connectivity index is 1.73. The van der Waals surface area contributed by atoms with Crippen LogP contribution in [0.2, 0.25) is 58.9 Å². The lowest BCUT2D eigenvalue weighted by Crippen LogP contribution is -2.67. The van der Waals surface area contributed by atoms with Crippen molar-refractivity contribution in [2.45, 2.75) is 156 Å². The molecule has 0 saturated heterocycles. The number of rotatable bonds is 10. The fraction of sp³-hybridized carbons (Fsp3) is 0.971. The van der Waals surface area contributed by atoms with Gasteiger partial charge in [-0.25, -0.2) is 0 Å². The zero-order valence-electron chi connectivity index (χ0n) is 29.6. The predicted molar refractivity (Wildman–Crippen MR) is 181 cm³/mol. The van der Waals surface area contributed by atoms with Crippen LogP contribution in [-0.2, 0) is 22.8 Å². The van der Waals surface area contributed by atoms with E-state index < -0.39 is 25.0 Å². The monoisotopic (exact) mass is 638 g/mol. The molecule has 0 aromatic carbocycles. The normalized spacial score (nSPS) is 41.5. The minimum Gasteiger partial charge on any atom is -0.469 e. The molecule has 4 aliphatic carbocycles. The van der Waals surface area contributed by atoms with Gasteiger partial charge in [-0.05, 0) is 157 Å². The minimum absolute atomic E-state index is 0.0693. The lowest BCUT2D eigenvalue weighted by Gasteiger charge is -2.66. The number of carbonyl (C=O) groups excluding carboxylic acids is 1. The molecule has 0 aliphatic heterocycles. The predicted octanol–water partition coefficient (Wildman–Crippen LogP) is 9.11. The van der Waals surface area contributed by atoms with Crippen LogP contribution in [0, 0.1) is 46.3 Å². The molecule has 0 aromatic heterocycles. The zero-order valence-corrected chi connectivity index (χ0v) is 32.6. The summed E-state index contributed by atoms with van der Waals surface area (Å²) >= 11 is 0. The number of carbonyl (C=O) groups is 1. The molecule has 244 valence electrons. The smallest absolute Gasteiger partial charge is 0.305 e. The van der Waals surface area contributed by atoms with Gasteiger partial charge in [0.25, 0.3) is 0 Å². The van der Waals surface area contributed by atoms with E-state index in [9.17, 15) is 4.79 Å². The fourth-order valence-electron chi connectivity index (χ4n) is 10.5. The molecule has 5 nitrogen and oxygen atoms in total. The maximum absolute atomic E-state index is 12.0. The maximum atomic E-state index is 12.0. The van der Waals surface area contributed by atoms with Gasteiger partial charge in [-0.3, -0.25) is 4.79 Å². The van der Waals surface area contributed by atoms with E-state index >= 15 is 0 Å². The van der Waals surface area contributed by atoms with Crippen LogP contribution >= 0.6 is 0 Å². The van der Waals surface area contributed by atoms with Crippen LogP contribution in [0.1, 0.15) is 78.6 Å². The molecule has 4 rings (SSSR count). The Kier molecular flexibility index (Phi) is 10.2. The number of hydrogen-bond donors (Lipinski definition) is 0. The van der Waals surface area contributed by atoms with Crippen LogP contribution in [0.5, 0.6) is 0 Å². The van der Waals surface area contributed by atoms with Crippen LogP contribution in [0.3, 0.4) is 0 Å². The number of methoxy groups -OCH3 is 1. The summed E-state index contributed by atoms with van der Waals surface area (Å²) in [5.74, 6) is 3.49. The highest BCUT2D eigenvalue weighted by Crippen LogP contribution is 2.69. The topological polar surface area (TPSA) is 54.0 Å².